The van der Waals surface area contributed by atoms with Gasteiger partial charge in [-0.05, 0) is 85.4 Å². The van der Waals surface area contributed by atoms with Crippen LogP contribution in [-0.4, -0.2) is 66.4 Å². The average Bonchev–Trinajstić information content (AvgIpc) is 3.68. The summed E-state index contributed by atoms with van der Waals surface area (Å²) in [6, 6.07) is 13.6. The molecule has 0 saturated heterocycles. The Balaban J connectivity index is 1.55. The average molecular weight is 708 g/mol. The van der Waals surface area contributed by atoms with E-state index in [9.17, 15) is 14.7 Å². The Morgan fingerprint density at radius 2 is 1.84 bits per heavy atom. The summed E-state index contributed by atoms with van der Waals surface area (Å²) in [6.45, 7) is 4.85. The number of nitrogens with zero attached hydrogens (tertiary/aromatic N) is 1. The van der Waals surface area contributed by atoms with E-state index in [2.05, 4.69) is 19.2 Å². The number of nitrogens with one attached hydrogen (secondary N) is 1. The molecule has 2 aromatic carbocycles. The first-order valence-corrected chi connectivity index (χ1v) is 18.2. The van der Waals surface area contributed by atoms with Crippen LogP contribution in [0.2, 0.25) is 0 Å². The highest BCUT2D eigenvalue weighted by atomic mass is 32.2. The molecule has 4 N–H and O–H groups in total. The number of phenolic OH excluding ortho intramolecular Hbond substituents is 1. The number of thioether (sulfide) groups is 1. The number of hydrogen-bond acceptors (Lipinski definition) is 9. The number of thiocarbonyl (C=S) groups is 1. The number of phenols is 1. The number of rotatable bonds is 17. The fourth-order valence-electron chi connectivity index (χ4n) is 6.63. The van der Waals surface area contributed by atoms with Crippen molar-refractivity contribution in [2.24, 2.45) is 17.6 Å². The van der Waals surface area contributed by atoms with Gasteiger partial charge in [0, 0.05) is 42.0 Å². The second-order valence-corrected chi connectivity index (χ2v) is 14.2. The van der Waals surface area contributed by atoms with E-state index in [1.807, 2.05) is 30.1 Å². The quantitative estimate of drug-likeness (QED) is 0.0773. The molecule has 1 saturated carbocycles. The van der Waals surface area contributed by atoms with Crippen LogP contribution in [-0.2, 0) is 22.4 Å². The first-order valence-electron chi connectivity index (χ1n) is 16.8. The van der Waals surface area contributed by atoms with Crippen LogP contribution >= 0.6 is 24.0 Å². The van der Waals surface area contributed by atoms with E-state index in [0.29, 0.717) is 65.6 Å². The van der Waals surface area contributed by atoms with Crippen LogP contribution in [0, 0.1) is 11.8 Å². The van der Waals surface area contributed by atoms with Gasteiger partial charge in [0.2, 0.25) is 5.91 Å². The number of methoxy groups -OCH3 is 2. The van der Waals surface area contributed by atoms with Gasteiger partial charge in [0.1, 0.15) is 28.8 Å². The maximum Gasteiger partial charge on any atom is 0.260 e. The maximum absolute atomic E-state index is 14.0. The van der Waals surface area contributed by atoms with Crippen LogP contribution in [0.1, 0.15) is 62.8 Å². The second kappa shape index (κ2) is 18.3. The molecule has 0 aliphatic heterocycles. The number of hydrogen-bond donors (Lipinski definition) is 3. The molecule has 1 heterocycles. The number of ether oxygens (including phenoxy) is 2. The molecule has 1 aromatic heterocycles. The monoisotopic (exact) mass is 707 g/mol. The van der Waals surface area contributed by atoms with E-state index in [1.54, 1.807) is 50.6 Å². The third-order valence-corrected chi connectivity index (χ3v) is 10.2. The van der Waals surface area contributed by atoms with Crippen molar-refractivity contribution in [3.8, 4) is 28.6 Å². The summed E-state index contributed by atoms with van der Waals surface area (Å²) in [4.78, 5) is 29.1. The van der Waals surface area contributed by atoms with Crippen molar-refractivity contribution in [3.63, 3.8) is 0 Å². The van der Waals surface area contributed by atoms with Crippen LogP contribution in [0.3, 0.4) is 0 Å². The van der Waals surface area contributed by atoms with Gasteiger partial charge in [-0.15, -0.1) is 0 Å². The maximum atomic E-state index is 14.0. The molecule has 11 heteroatoms. The minimum Gasteiger partial charge on any atom is -0.508 e. The zero-order valence-corrected chi connectivity index (χ0v) is 30.7. The van der Waals surface area contributed by atoms with E-state index in [-0.39, 0.29) is 23.6 Å². The van der Waals surface area contributed by atoms with E-state index in [1.165, 1.54) is 22.9 Å². The summed E-state index contributed by atoms with van der Waals surface area (Å²) in [5.74, 6) is 3.28. The SMILES string of the molecule is CCCC1CC(C)C(N(C)C(=O)/C(=C/c2oc(-c3cc(OC)cc(OC)c3)cc2CCCNC(=O)C(N)Cc2ccc(O)cc2)SC=S)C1. The third-order valence-electron chi connectivity index (χ3n) is 9.23. The van der Waals surface area contributed by atoms with Gasteiger partial charge in [-0.3, -0.25) is 9.59 Å². The molecule has 0 spiro atoms. The van der Waals surface area contributed by atoms with Crippen molar-refractivity contribution in [2.45, 2.75) is 70.9 Å². The Labute approximate surface area is 299 Å². The van der Waals surface area contributed by atoms with E-state index in [4.69, 9.17) is 31.8 Å². The Morgan fingerprint density at radius 3 is 2.47 bits per heavy atom. The highest BCUT2D eigenvalue weighted by molar-refractivity contribution is 8.24. The number of benzene rings is 2. The zero-order chi connectivity index (χ0) is 35.5. The number of carbonyl (C=O) groups is 2. The lowest BCUT2D eigenvalue weighted by Crippen LogP contribution is -2.42. The van der Waals surface area contributed by atoms with Gasteiger partial charge in [0.15, 0.2) is 0 Å². The molecule has 1 fully saturated rings. The lowest BCUT2D eigenvalue weighted by molar-refractivity contribution is -0.127. The van der Waals surface area contributed by atoms with E-state index < -0.39 is 6.04 Å². The lowest BCUT2D eigenvalue weighted by Gasteiger charge is -2.28. The van der Waals surface area contributed by atoms with Gasteiger partial charge >= 0.3 is 0 Å². The summed E-state index contributed by atoms with van der Waals surface area (Å²) in [5, 5.41) is 12.5. The standard InChI is InChI=1S/C38H49N3O6S2/c1-6-8-26-15-24(2)33(17-26)41(3)38(44)36(49-23-48)22-35-27(20-34(47-35)28-18-30(45-4)21-31(19-28)46-5)9-7-14-40-37(43)32(39)16-25-10-12-29(42)13-11-25/h10-13,18-24,26,32-33,42H,6-9,14-17,39H2,1-5H3,(H,40,43)/b36-22-. The number of carbonyl (C=O) groups excluding carboxylic acids is 2. The molecule has 49 heavy (non-hydrogen) atoms. The number of amides is 2. The predicted octanol–water partition coefficient (Wildman–Crippen LogP) is 6.99. The highest BCUT2D eigenvalue weighted by Gasteiger charge is 2.36. The molecule has 4 rings (SSSR count). The molecule has 1 aliphatic carbocycles. The molecular weight excluding hydrogens is 659 g/mol. The van der Waals surface area contributed by atoms with E-state index >= 15 is 0 Å². The molecule has 0 bridgehead atoms. The van der Waals surface area contributed by atoms with Gasteiger partial charge in [-0.2, -0.15) is 0 Å². The van der Waals surface area contributed by atoms with Crippen molar-refractivity contribution in [1.29, 1.82) is 0 Å². The topological polar surface area (TPSA) is 127 Å². The van der Waals surface area contributed by atoms with Gasteiger partial charge in [-0.25, -0.2) is 0 Å². The van der Waals surface area contributed by atoms with Gasteiger partial charge in [-0.1, -0.05) is 62.8 Å². The Hall–Kier alpha value is -3.80. The van der Waals surface area contributed by atoms with Crippen molar-refractivity contribution in [1.82, 2.24) is 10.2 Å². The van der Waals surface area contributed by atoms with Gasteiger partial charge < -0.3 is 34.9 Å². The molecule has 4 unspecified atom stereocenters. The molecule has 1 aliphatic rings. The number of likely N-dealkylation sites (N-methyl/N-ethyl adjacent to an activating group) is 1. The third kappa shape index (κ3) is 10.4. The first kappa shape index (κ1) is 38.0. The zero-order valence-electron chi connectivity index (χ0n) is 29.1. The van der Waals surface area contributed by atoms with Crippen LogP contribution in [0.15, 0.2) is 57.9 Å². The molecule has 2 amide bonds. The fraction of sp³-hybridized carbons (Fsp3) is 0.447. The minimum absolute atomic E-state index is 0.0815. The van der Waals surface area contributed by atoms with Crippen LogP contribution in [0.4, 0.5) is 0 Å². The predicted molar refractivity (Wildman–Crippen MR) is 201 cm³/mol. The van der Waals surface area contributed by atoms with Crippen molar-refractivity contribution < 1.29 is 28.6 Å². The number of aromatic hydroxyl groups is 1. The van der Waals surface area contributed by atoms with Crippen LogP contribution < -0.4 is 20.5 Å². The van der Waals surface area contributed by atoms with Crippen LogP contribution in [0.25, 0.3) is 17.4 Å². The van der Waals surface area contributed by atoms with Crippen molar-refractivity contribution in [3.05, 3.63) is 70.3 Å². The summed E-state index contributed by atoms with van der Waals surface area (Å²) in [5.41, 5.74) is 8.68. The molecule has 0 radical (unpaired) electrons. The van der Waals surface area contributed by atoms with Gasteiger partial charge in [0.05, 0.1) is 25.2 Å². The Bertz CT molecular complexity index is 1580. The second-order valence-electron chi connectivity index (χ2n) is 12.8. The largest absolute Gasteiger partial charge is 0.508 e. The molecule has 4 atom stereocenters. The van der Waals surface area contributed by atoms with Crippen molar-refractivity contribution in [2.75, 3.05) is 27.8 Å². The van der Waals surface area contributed by atoms with Gasteiger partial charge in [0.25, 0.3) is 5.91 Å². The summed E-state index contributed by atoms with van der Waals surface area (Å²) in [7, 11) is 5.08. The normalized spacial score (nSPS) is 18.2. The number of nitrogens with two attached hydrogens (primary N) is 1. The van der Waals surface area contributed by atoms with E-state index in [0.717, 1.165) is 36.0 Å². The first-order chi connectivity index (χ1) is 23.6. The van der Waals surface area contributed by atoms with Crippen LogP contribution in [0.5, 0.6) is 17.2 Å². The fourth-order valence-corrected chi connectivity index (χ4v) is 7.47. The molecule has 9 nitrogen and oxygen atoms in total. The highest BCUT2D eigenvalue weighted by Crippen LogP contribution is 2.38. The lowest BCUT2D eigenvalue weighted by atomic mass is 10.0. The summed E-state index contributed by atoms with van der Waals surface area (Å²) >= 11 is 6.43. The minimum atomic E-state index is -0.719. The van der Waals surface area contributed by atoms with Crippen molar-refractivity contribution >= 4 is 46.6 Å². The summed E-state index contributed by atoms with van der Waals surface area (Å²) < 4.78 is 18.9. The smallest absolute Gasteiger partial charge is 0.260 e. The molecule has 264 valence electrons. The molecule has 3 aromatic rings. The Kier molecular flexibility index (Phi) is 14.2. The number of furan rings is 1. The number of aryl methyl sites for hydroxylation is 1. The Morgan fingerprint density at radius 1 is 1.14 bits per heavy atom. The summed E-state index contributed by atoms with van der Waals surface area (Å²) in [6.07, 6.45) is 7.79. The molecular formula is C38H49N3O6S2.